The van der Waals surface area contributed by atoms with Crippen LogP contribution in [0.3, 0.4) is 0 Å². The minimum Gasteiger partial charge on any atom is -0.349 e. The summed E-state index contributed by atoms with van der Waals surface area (Å²) in [4.78, 5) is 27.2. The van der Waals surface area contributed by atoms with Gasteiger partial charge in [0.2, 0.25) is 0 Å². The van der Waals surface area contributed by atoms with E-state index in [0.29, 0.717) is 0 Å². The Morgan fingerprint density at radius 3 is 2.50 bits per heavy atom. The van der Waals surface area contributed by atoms with E-state index in [0.717, 1.165) is 36.9 Å². The smallest absolute Gasteiger partial charge is 0.261 e. The third kappa shape index (κ3) is 5.32. The molecule has 0 spiro atoms. The molecule has 0 aliphatic heterocycles. The summed E-state index contributed by atoms with van der Waals surface area (Å²) >= 11 is 0. The number of carbonyl (C=O) groups excluding carboxylic acids is 1. The van der Waals surface area contributed by atoms with Crippen molar-refractivity contribution in [2.75, 3.05) is 0 Å². The van der Waals surface area contributed by atoms with Gasteiger partial charge in [0.05, 0.1) is 0 Å². The van der Waals surface area contributed by atoms with Crippen LogP contribution in [0.1, 0.15) is 81.4 Å². The lowest BCUT2D eigenvalue weighted by Crippen LogP contribution is -2.36. The fourth-order valence-corrected chi connectivity index (χ4v) is 2.66. The van der Waals surface area contributed by atoms with E-state index in [9.17, 15) is 9.59 Å². The zero-order valence-corrected chi connectivity index (χ0v) is 14.4. The number of H-pyrrole nitrogens is 1. The van der Waals surface area contributed by atoms with Crippen LogP contribution in [0.25, 0.3) is 0 Å². The number of rotatable bonds is 9. The average molecular weight is 306 g/mol. The van der Waals surface area contributed by atoms with Gasteiger partial charge in [0, 0.05) is 11.7 Å². The second-order valence-electron chi connectivity index (χ2n) is 5.95. The Bertz CT molecular complexity index is 534. The highest BCUT2D eigenvalue weighted by Gasteiger charge is 2.15. The fraction of sp³-hybridized carbons (Fsp3) is 0.667. The van der Waals surface area contributed by atoms with Crippen molar-refractivity contribution in [2.45, 2.75) is 78.7 Å². The molecule has 0 saturated carbocycles. The normalized spacial score (nSPS) is 12.2. The number of aromatic nitrogens is 1. The molecule has 2 N–H and O–H groups in total. The SMILES string of the molecule is CCCCCC[C@@H](C)NC(=O)c1cc(CC)c(CC)[nH]c1=O. The molecule has 1 amide bonds. The molecular weight excluding hydrogens is 276 g/mol. The lowest BCUT2D eigenvalue weighted by molar-refractivity contribution is 0.0936. The van der Waals surface area contributed by atoms with Crippen molar-refractivity contribution in [3.8, 4) is 0 Å². The molecule has 0 radical (unpaired) electrons. The summed E-state index contributed by atoms with van der Waals surface area (Å²) in [6, 6.07) is 1.84. The van der Waals surface area contributed by atoms with Gasteiger partial charge in [0.1, 0.15) is 5.56 Å². The van der Waals surface area contributed by atoms with Gasteiger partial charge in [0.15, 0.2) is 0 Å². The molecule has 4 heteroatoms. The second kappa shape index (κ2) is 9.44. The van der Waals surface area contributed by atoms with Gasteiger partial charge in [-0.25, -0.2) is 0 Å². The molecule has 0 bridgehead atoms. The minimum atomic E-state index is -0.287. The first-order chi connectivity index (χ1) is 10.5. The Labute approximate surface area is 133 Å². The number of unbranched alkanes of at least 4 members (excludes halogenated alkanes) is 3. The number of hydrogen-bond acceptors (Lipinski definition) is 2. The van der Waals surface area contributed by atoms with Gasteiger partial charge in [-0.2, -0.15) is 0 Å². The van der Waals surface area contributed by atoms with Crippen LogP contribution in [0.15, 0.2) is 10.9 Å². The molecule has 1 aromatic rings. The largest absolute Gasteiger partial charge is 0.349 e. The van der Waals surface area contributed by atoms with Crippen molar-refractivity contribution in [2.24, 2.45) is 0 Å². The van der Waals surface area contributed by atoms with E-state index in [2.05, 4.69) is 17.2 Å². The predicted molar refractivity (Wildman–Crippen MR) is 91.5 cm³/mol. The van der Waals surface area contributed by atoms with Crippen molar-refractivity contribution in [3.63, 3.8) is 0 Å². The van der Waals surface area contributed by atoms with E-state index >= 15 is 0 Å². The minimum absolute atomic E-state index is 0.0969. The molecule has 1 rings (SSSR count). The highest BCUT2D eigenvalue weighted by molar-refractivity contribution is 5.94. The van der Waals surface area contributed by atoms with Crippen molar-refractivity contribution >= 4 is 5.91 Å². The summed E-state index contributed by atoms with van der Waals surface area (Å²) in [5, 5.41) is 2.94. The van der Waals surface area contributed by atoms with Crippen LogP contribution in [0.4, 0.5) is 0 Å². The first-order valence-corrected chi connectivity index (χ1v) is 8.59. The molecule has 124 valence electrons. The molecule has 0 aliphatic rings. The third-order valence-electron chi connectivity index (χ3n) is 4.06. The summed E-state index contributed by atoms with van der Waals surface area (Å²) in [7, 11) is 0. The highest BCUT2D eigenvalue weighted by Crippen LogP contribution is 2.09. The van der Waals surface area contributed by atoms with Gasteiger partial charge in [-0.15, -0.1) is 0 Å². The summed E-state index contributed by atoms with van der Waals surface area (Å²) in [6.45, 7) is 8.22. The van der Waals surface area contributed by atoms with E-state index in [4.69, 9.17) is 0 Å². The first kappa shape index (κ1) is 18.5. The van der Waals surface area contributed by atoms with Crippen molar-refractivity contribution < 1.29 is 4.79 Å². The Balaban J connectivity index is 2.71. The van der Waals surface area contributed by atoms with Gasteiger partial charge in [-0.3, -0.25) is 9.59 Å². The van der Waals surface area contributed by atoms with Gasteiger partial charge < -0.3 is 10.3 Å². The number of aryl methyl sites for hydroxylation is 2. The Morgan fingerprint density at radius 2 is 1.91 bits per heavy atom. The lowest BCUT2D eigenvalue weighted by atomic mass is 10.1. The maximum absolute atomic E-state index is 12.3. The quantitative estimate of drug-likeness (QED) is 0.685. The second-order valence-corrected chi connectivity index (χ2v) is 5.95. The van der Waals surface area contributed by atoms with Crippen molar-refractivity contribution in [1.82, 2.24) is 10.3 Å². The third-order valence-corrected chi connectivity index (χ3v) is 4.06. The van der Waals surface area contributed by atoms with Crippen LogP contribution in [0, 0.1) is 0 Å². The summed E-state index contributed by atoms with van der Waals surface area (Å²) in [6.07, 6.45) is 7.29. The number of aromatic amines is 1. The molecule has 0 aromatic carbocycles. The van der Waals surface area contributed by atoms with Gasteiger partial charge in [0.25, 0.3) is 11.5 Å². The summed E-state index contributed by atoms with van der Waals surface area (Å²) < 4.78 is 0. The molecule has 22 heavy (non-hydrogen) atoms. The molecule has 4 nitrogen and oxygen atoms in total. The van der Waals surface area contributed by atoms with Crippen LogP contribution in [-0.2, 0) is 12.8 Å². The zero-order chi connectivity index (χ0) is 16.5. The maximum Gasteiger partial charge on any atom is 0.261 e. The number of nitrogens with one attached hydrogen (secondary N) is 2. The monoisotopic (exact) mass is 306 g/mol. The van der Waals surface area contributed by atoms with Crippen LogP contribution in [-0.4, -0.2) is 16.9 Å². The van der Waals surface area contributed by atoms with Crippen LogP contribution < -0.4 is 10.9 Å². The Hall–Kier alpha value is -1.58. The van der Waals surface area contributed by atoms with Crippen molar-refractivity contribution in [1.29, 1.82) is 0 Å². The maximum atomic E-state index is 12.3. The van der Waals surface area contributed by atoms with Gasteiger partial charge >= 0.3 is 0 Å². The van der Waals surface area contributed by atoms with E-state index in [1.807, 2.05) is 20.8 Å². The van der Waals surface area contributed by atoms with Crippen LogP contribution >= 0.6 is 0 Å². The summed E-state index contributed by atoms with van der Waals surface area (Å²) in [5.41, 5.74) is 1.92. The predicted octanol–water partition coefficient (Wildman–Crippen LogP) is 3.59. The molecule has 1 heterocycles. The van der Waals surface area contributed by atoms with Crippen LogP contribution in [0.5, 0.6) is 0 Å². The molecular formula is C18H30N2O2. The lowest BCUT2D eigenvalue weighted by Gasteiger charge is -2.14. The molecule has 0 unspecified atom stereocenters. The first-order valence-electron chi connectivity index (χ1n) is 8.59. The zero-order valence-electron chi connectivity index (χ0n) is 14.4. The fourth-order valence-electron chi connectivity index (χ4n) is 2.66. The molecule has 0 aliphatic carbocycles. The standard InChI is InChI=1S/C18H30N2O2/c1-5-8-9-10-11-13(4)19-17(21)15-12-14(6-2)16(7-3)20-18(15)22/h12-13H,5-11H2,1-4H3,(H,19,21)(H,20,22)/t13-/m1/s1. The number of pyridine rings is 1. The highest BCUT2D eigenvalue weighted by atomic mass is 16.2. The Kier molecular flexibility index (Phi) is 7.92. The van der Waals surface area contributed by atoms with Crippen molar-refractivity contribution in [3.05, 3.63) is 33.2 Å². The van der Waals surface area contributed by atoms with Crippen LogP contribution in [0.2, 0.25) is 0 Å². The Morgan fingerprint density at radius 1 is 1.18 bits per heavy atom. The number of hydrogen-bond donors (Lipinski definition) is 2. The average Bonchev–Trinajstić information content (AvgIpc) is 2.51. The van der Waals surface area contributed by atoms with Gasteiger partial charge in [-0.05, 0) is 37.8 Å². The molecule has 1 atom stereocenters. The van der Waals surface area contributed by atoms with E-state index < -0.39 is 0 Å². The molecule has 0 fully saturated rings. The van der Waals surface area contributed by atoms with E-state index in [1.165, 1.54) is 19.3 Å². The topological polar surface area (TPSA) is 62.0 Å². The van der Waals surface area contributed by atoms with Gasteiger partial charge in [-0.1, -0.05) is 46.5 Å². The molecule has 0 saturated heterocycles. The molecule has 1 aromatic heterocycles. The number of amides is 1. The van der Waals surface area contributed by atoms with E-state index in [1.54, 1.807) is 6.07 Å². The number of carbonyl (C=O) groups is 1. The summed E-state index contributed by atoms with van der Waals surface area (Å²) in [5.74, 6) is -0.262. The van der Waals surface area contributed by atoms with E-state index in [-0.39, 0.29) is 23.1 Å².